The summed E-state index contributed by atoms with van der Waals surface area (Å²) in [6.45, 7) is 2.38. The van der Waals surface area contributed by atoms with Crippen LogP contribution in [-0.4, -0.2) is 34.8 Å². The molecule has 0 radical (unpaired) electrons. The Hall–Kier alpha value is -0.940. The molecule has 0 atom stereocenters. The molecule has 0 amide bonds. The van der Waals surface area contributed by atoms with Crippen molar-refractivity contribution in [2.75, 3.05) is 19.8 Å². The van der Waals surface area contributed by atoms with Gasteiger partial charge in [-0.2, -0.15) is 0 Å². The van der Waals surface area contributed by atoms with E-state index in [4.69, 9.17) is 10.5 Å². The van der Waals surface area contributed by atoms with Crippen LogP contribution in [0.2, 0.25) is 0 Å². The summed E-state index contributed by atoms with van der Waals surface area (Å²) >= 11 is 0. The Balaban J connectivity index is 1.93. The molecule has 5 heteroatoms. The van der Waals surface area contributed by atoms with Gasteiger partial charge in [-0.25, -0.2) is 4.68 Å². The van der Waals surface area contributed by atoms with E-state index in [2.05, 4.69) is 10.3 Å². The third-order valence-electron chi connectivity index (χ3n) is 2.76. The van der Waals surface area contributed by atoms with Gasteiger partial charge in [-0.1, -0.05) is 5.21 Å². The molecular weight excluding hydrogens is 192 g/mol. The van der Waals surface area contributed by atoms with Gasteiger partial charge in [-0.3, -0.25) is 0 Å². The largest absolute Gasteiger partial charge is 0.381 e. The van der Waals surface area contributed by atoms with Crippen molar-refractivity contribution in [1.29, 1.82) is 0 Å². The number of nitrogens with zero attached hydrogens (tertiary/aromatic N) is 3. The third kappa shape index (κ3) is 2.76. The van der Waals surface area contributed by atoms with Crippen molar-refractivity contribution in [3.8, 4) is 0 Å². The summed E-state index contributed by atoms with van der Waals surface area (Å²) in [5.41, 5.74) is 6.50. The van der Waals surface area contributed by atoms with Crippen molar-refractivity contribution >= 4 is 0 Å². The molecule has 5 nitrogen and oxygen atoms in total. The van der Waals surface area contributed by atoms with E-state index in [1.165, 1.54) is 0 Å². The van der Waals surface area contributed by atoms with Crippen LogP contribution < -0.4 is 5.73 Å². The molecule has 0 aliphatic carbocycles. The highest BCUT2D eigenvalue weighted by molar-refractivity contribution is 4.93. The van der Waals surface area contributed by atoms with Crippen LogP contribution >= 0.6 is 0 Å². The quantitative estimate of drug-likeness (QED) is 0.787. The van der Waals surface area contributed by atoms with E-state index >= 15 is 0 Å². The minimum absolute atomic E-state index is 0.470. The van der Waals surface area contributed by atoms with E-state index in [1.807, 2.05) is 10.9 Å². The second-order valence-electron chi connectivity index (χ2n) is 3.93. The Kier molecular flexibility index (Phi) is 3.69. The standard InChI is InChI=1S/C10H18N4O/c11-5-1-2-9-8-14(13-12-9)10-3-6-15-7-4-10/h8,10H,1-7,11H2. The molecule has 1 saturated heterocycles. The Morgan fingerprint density at radius 2 is 2.27 bits per heavy atom. The molecule has 1 aliphatic heterocycles. The summed E-state index contributed by atoms with van der Waals surface area (Å²) in [6.07, 6.45) is 6.04. The molecule has 2 heterocycles. The zero-order chi connectivity index (χ0) is 10.5. The number of hydrogen-bond acceptors (Lipinski definition) is 4. The molecule has 1 aliphatic rings. The number of hydrogen-bond donors (Lipinski definition) is 1. The van der Waals surface area contributed by atoms with E-state index in [-0.39, 0.29) is 0 Å². The number of aromatic nitrogens is 3. The maximum absolute atomic E-state index is 5.45. The first-order valence-electron chi connectivity index (χ1n) is 5.58. The lowest BCUT2D eigenvalue weighted by molar-refractivity contribution is 0.0657. The van der Waals surface area contributed by atoms with Gasteiger partial charge in [-0.05, 0) is 32.2 Å². The fraction of sp³-hybridized carbons (Fsp3) is 0.800. The maximum atomic E-state index is 5.45. The van der Waals surface area contributed by atoms with Gasteiger partial charge in [0.25, 0.3) is 0 Å². The molecule has 0 saturated carbocycles. The van der Waals surface area contributed by atoms with Crippen molar-refractivity contribution in [3.63, 3.8) is 0 Å². The van der Waals surface area contributed by atoms with E-state index in [1.54, 1.807) is 0 Å². The fourth-order valence-electron chi connectivity index (χ4n) is 1.84. The summed E-state index contributed by atoms with van der Waals surface area (Å²) in [6, 6.07) is 0.470. The fourth-order valence-corrected chi connectivity index (χ4v) is 1.84. The van der Waals surface area contributed by atoms with Gasteiger partial charge in [0, 0.05) is 19.4 Å². The zero-order valence-corrected chi connectivity index (χ0v) is 8.93. The summed E-state index contributed by atoms with van der Waals surface area (Å²) in [5.74, 6) is 0. The SMILES string of the molecule is NCCCc1cn(C2CCOCC2)nn1. The maximum Gasteiger partial charge on any atom is 0.0827 e. The molecule has 0 spiro atoms. The third-order valence-corrected chi connectivity index (χ3v) is 2.76. The highest BCUT2D eigenvalue weighted by atomic mass is 16.5. The first-order valence-corrected chi connectivity index (χ1v) is 5.58. The van der Waals surface area contributed by atoms with Gasteiger partial charge in [0.1, 0.15) is 0 Å². The molecular formula is C10H18N4O. The highest BCUT2D eigenvalue weighted by Crippen LogP contribution is 2.19. The number of nitrogens with two attached hydrogens (primary N) is 1. The van der Waals surface area contributed by atoms with Crippen molar-refractivity contribution < 1.29 is 4.74 Å². The molecule has 84 valence electrons. The van der Waals surface area contributed by atoms with Crippen LogP contribution in [0.4, 0.5) is 0 Å². The molecule has 1 fully saturated rings. The molecule has 1 aromatic heterocycles. The Morgan fingerprint density at radius 1 is 1.47 bits per heavy atom. The predicted molar refractivity (Wildman–Crippen MR) is 56.5 cm³/mol. The molecule has 1 aromatic rings. The predicted octanol–water partition coefficient (Wildman–Crippen LogP) is 0.521. The van der Waals surface area contributed by atoms with Crippen molar-refractivity contribution in [2.45, 2.75) is 31.7 Å². The lowest BCUT2D eigenvalue weighted by Gasteiger charge is -2.21. The topological polar surface area (TPSA) is 66.0 Å². The normalized spacial score (nSPS) is 18.2. The van der Waals surface area contributed by atoms with Gasteiger partial charge in [0.2, 0.25) is 0 Å². The minimum atomic E-state index is 0.470. The van der Waals surface area contributed by atoms with Crippen LogP contribution in [0.25, 0.3) is 0 Å². The Morgan fingerprint density at radius 3 is 3.00 bits per heavy atom. The first-order chi connectivity index (χ1) is 7.40. The van der Waals surface area contributed by atoms with Gasteiger partial charge in [0.15, 0.2) is 0 Å². The average molecular weight is 210 g/mol. The number of aryl methyl sites for hydroxylation is 1. The molecule has 2 rings (SSSR count). The lowest BCUT2D eigenvalue weighted by atomic mass is 10.1. The monoisotopic (exact) mass is 210 g/mol. The summed E-state index contributed by atoms with van der Waals surface area (Å²) in [5, 5.41) is 8.31. The van der Waals surface area contributed by atoms with Gasteiger partial charge in [0.05, 0.1) is 11.7 Å². The van der Waals surface area contributed by atoms with Gasteiger partial charge < -0.3 is 10.5 Å². The van der Waals surface area contributed by atoms with Crippen LogP contribution in [0.15, 0.2) is 6.20 Å². The summed E-state index contributed by atoms with van der Waals surface area (Å²) in [7, 11) is 0. The van der Waals surface area contributed by atoms with E-state index in [0.29, 0.717) is 12.6 Å². The molecule has 2 N–H and O–H groups in total. The first kappa shape index (κ1) is 10.6. The second-order valence-corrected chi connectivity index (χ2v) is 3.93. The second kappa shape index (κ2) is 5.23. The smallest absolute Gasteiger partial charge is 0.0827 e. The lowest BCUT2D eigenvalue weighted by Crippen LogP contribution is -2.19. The number of ether oxygens (including phenoxy) is 1. The summed E-state index contributed by atoms with van der Waals surface area (Å²) < 4.78 is 7.30. The van der Waals surface area contributed by atoms with E-state index in [9.17, 15) is 0 Å². The van der Waals surface area contributed by atoms with Crippen LogP contribution in [0.3, 0.4) is 0 Å². The van der Waals surface area contributed by atoms with Crippen molar-refractivity contribution in [2.24, 2.45) is 5.73 Å². The molecule has 0 bridgehead atoms. The van der Waals surface area contributed by atoms with Crippen LogP contribution in [0.1, 0.15) is 31.0 Å². The average Bonchev–Trinajstić information content (AvgIpc) is 2.76. The van der Waals surface area contributed by atoms with E-state index in [0.717, 1.165) is 44.6 Å². The van der Waals surface area contributed by atoms with Crippen LogP contribution in [-0.2, 0) is 11.2 Å². The Bertz CT molecular complexity index is 293. The van der Waals surface area contributed by atoms with E-state index < -0.39 is 0 Å². The highest BCUT2D eigenvalue weighted by Gasteiger charge is 2.16. The zero-order valence-electron chi connectivity index (χ0n) is 8.93. The van der Waals surface area contributed by atoms with Crippen LogP contribution in [0, 0.1) is 0 Å². The van der Waals surface area contributed by atoms with Crippen molar-refractivity contribution in [3.05, 3.63) is 11.9 Å². The minimum Gasteiger partial charge on any atom is -0.381 e. The Labute approximate surface area is 89.6 Å². The van der Waals surface area contributed by atoms with Gasteiger partial charge >= 0.3 is 0 Å². The van der Waals surface area contributed by atoms with Crippen LogP contribution in [0.5, 0.6) is 0 Å². The molecule has 15 heavy (non-hydrogen) atoms. The number of rotatable bonds is 4. The van der Waals surface area contributed by atoms with Crippen molar-refractivity contribution in [1.82, 2.24) is 15.0 Å². The molecule has 0 unspecified atom stereocenters. The summed E-state index contributed by atoms with van der Waals surface area (Å²) in [4.78, 5) is 0. The molecule has 0 aromatic carbocycles. The van der Waals surface area contributed by atoms with Gasteiger partial charge in [-0.15, -0.1) is 5.10 Å².